The summed E-state index contributed by atoms with van der Waals surface area (Å²) in [7, 11) is 0. The van der Waals surface area contributed by atoms with Crippen LogP contribution >= 0.6 is 0 Å². The molecule has 3 aliphatic heterocycles. The van der Waals surface area contributed by atoms with Crippen LogP contribution in [-0.2, 0) is 113 Å². The van der Waals surface area contributed by atoms with Gasteiger partial charge in [-0.05, 0) is 86.2 Å². The number of aromatic nitrogens is 2. The van der Waals surface area contributed by atoms with Gasteiger partial charge in [0.1, 0.15) is 25.0 Å². The second-order valence-corrected chi connectivity index (χ2v) is 20.7. The number of rotatable bonds is 42. The van der Waals surface area contributed by atoms with Crippen LogP contribution in [0, 0.1) is 0 Å². The molecule has 0 spiro atoms. The summed E-state index contributed by atoms with van der Waals surface area (Å²) >= 11 is 0. The Morgan fingerprint density at radius 2 is 1.31 bits per heavy atom. The molecule has 6 N–H and O–H groups in total. The van der Waals surface area contributed by atoms with Crippen molar-refractivity contribution in [1.29, 1.82) is 0 Å². The molecule has 2 aromatic carbocycles. The minimum absolute atomic E-state index is 0.0179. The maximum Gasteiger partial charge on any atom is 0.510 e. The van der Waals surface area contributed by atoms with Crippen molar-refractivity contribution < 1.29 is 90.8 Å². The van der Waals surface area contributed by atoms with Crippen LogP contribution in [0.5, 0.6) is 5.75 Å². The second-order valence-electron chi connectivity index (χ2n) is 20.7. The number of anilines is 1. The summed E-state index contributed by atoms with van der Waals surface area (Å²) in [4.78, 5) is 108. The highest BCUT2D eigenvalue weighted by Crippen LogP contribution is 2.42. The van der Waals surface area contributed by atoms with Gasteiger partial charge in [0.2, 0.25) is 23.3 Å². The molecule has 2 atom stereocenters. The molecule has 4 aromatic rings. The van der Waals surface area contributed by atoms with E-state index >= 15 is 0 Å². The number of aryl methyl sites for hydroxylation is 1. The van der Waals surface area contributed by atoms with E-state index in [9.17, 15) is 43.5 Å². The van der Waals surface area contributed by atoms with E-state index < -0.39 is 47.0 Å². The molecule has 27 nitrogen and oxygen atoms in total. The molecule has 0 radical (unpaired) electrons. The molecule has 7 rings (SSSR count). The zero-order chi connectivity index (χ0) is 63.4. The third kappa shape index (κ3) is 20.1. The molecule has 5 heterocycles. The number of hydrogen-bond donors (Lipinski definition) is 5. The van der Waals surface area contributed by atoms with Crippen molar-refractivity contribution in [2.45, 2.75) is 90.2 Å². The fourth-order valence-corrected chi connectivity index (χ4v) is 9.99. The first-order valence-electron chi connectivity index (χ1n) is 30.0. The van der Waals surface area contributed by atoms with E-state index in [4.69, 9.17) is 62.8 Å². The number of hydrogen-bond acceptors (Lipinski definition) is 22. The van der Waals surface area contributed by atoms with Gasteiger partial charge in [-0.1, -0.05) is 26.0 Å². The average molecular weight is 1240 g/mol. The van der Waals surface area contributed by atoms with Crippen LogP contribution in [0.4, 0.5) is 10.5 Å². The minimum Gasteiger partial charge on any atom is -0.508 e. The highest BCUT2D eigenvalue weighted by molar-refractivity contribution is 6.13. The first-order chi connectivity index (χ1) is 43.3. The van der Waals surface area contributed by atoms with Gasteiger partial charge in [0.15, 0.2) is 0 Å². The van der Waals surface area contributed by atoms with Gasteiger partial charge < -0.3 is 83.5 Å². The van der Waals surface area contributed by atoms with E-state index in [-0.39, 0.29) is 87.5 Å². The van der Waals surface area contributed by atoms with Crippen LogP contribution in [0.2, 0.25) is 0 Å². The fraction of sp³-hybridized carbons (Fsp3) is 0.532. The number of benzene rings is 2. The number of ether oxygens (including phenoxy) is 11. The Morgan fingerprint density at radius 1 is 0.719 bits per heavy atom. The van der Waals surface area contributed by atoms with Crippen molar-refractivity contribution in [3.63, 3.8) is 0 Å². The number of phenolic OH excluding ortho intramolecular Hbond substituents is 1. The number of nitrogens with one attached hydrogen (secondary N) is 3. The summed E-state index contributed by atoms with van der Waals surface area (Å²) in [5.41, 5.74) is 8.06. The number of carbonyl (C=O) groups excluding carboxylic acids is 7. The molecule has 27 heteroatoms. The van der Waals surface area contributed by atoms with Gasteiger partial charge in [-0.15, -0.1) is 0 Å². The van der Waals surface area contributed by atoms with Crippen molar-refractivity contribution in [2.24, 2.45) is 5.73 Å². The third-order valence-corrected chi connectivity index (χ3v) is 14.7. The molecular weight excluding hydrogens is 1160 g/mol. The molecule has 0 fully saturated rings. The molecular formula is C62H81N7O20. The van der Waals surface area contributed by atoms with Gasteiger partial charge in [-0.25, -0.2) is 14.6 Å². The van der Waals surface area contributed by atoms with Crippen LogP contribution in [0.1, 0.15) is 80.2 Å². The summed E-state index contributed by atoms with van der Waals surface area (Å²) in [6.45, 7) is 9.64. The highest BCUT2D eigenvalue weighted by Gasteiger charge is 2.51. The molecule has 0 saturated heterocycles. The maximum atomic E-state index is 14.1. The third-order valence-electron chi connectivity index (χ3n) is 14.7. The molecule has 2 aromatic heterocycles. The molecule has 89 heavy (non-hydrogen) atoms. The molecule has 5 amide bonds. The van der Waals surface area contributed by atoms with Crippen LogP contribution in [-0.4, -0.2) is 193 Å². The summed E-state index contributed by atoms with van der Waals surface area (Å²) in [6, 6.07) is 12.2. The van der Waals surface area contributed by atoms with E-state index in [1.54, 1.807) is 60.0 Å². The number of esters is 1. The van der Waals surface area contributed by atoms with Crippen LogP contribution in [0.15, 0.2) is 65.5 Å². The lowest BCUT2D eigenvalue weighted by atomic mass is 9.85. The number of imide groups is 1. The van der Waals surface area contributed by atoms with E-state index in [1.807, 2.05) is 6.92 Å². The van der Waals surface area contributed by atoms with Gasteiger partial charge in [-0.3, -0.25) is 33.7 Å². The predicted octanol–water partition coefficient (Wildman–Crippen LogP) is 3.22. The normalized spacial score (nSPS) is 15.2. The number of pyridine rings is 2. The summed E-state index contributed by atoms with van der Waals surface area (Å²) < 4.78 is 62.4. The quantitative estimate of drug-likeness (QED) is 0.0213. The predicted molar refractivity (Wildman–Crippen MR) is 319 cm³/mol. The zero-order valence-electron chi connectivity index (χ0n) is 50.5. The molecule has 0 unspecified atom stereocenters. The Bertz CT molecular complexity index is 3120. The number of phenols is 1. The molecule has 3 aliphatic rings. The average Bonchev–Trinajstić information content (AvgIpc) is 1.68. The zero-order valence-corrected chi connectivity index (χ0v) is 50.5. The van der Waals surface area contributed by atoms with E-state index in [2.05, 4.69) is 16.0 Å². The van der Waals surface area contributed by atoms with Gasteiger partial charge in [0.05, 0.1) is 135 Å². The highest BCUT2D eigenvalue weighted by atomic mass is 16.7. The van der Waals surface area contributed by atoms with E-state index in [0.717, 1.165) is 21.4 Å². The van der Waals surface area contributed by atoms with E-state index in [1.165, 1.54) is 12.2 Å². The monoisotopic (exact) mass is 1240 g/mol. The van der Waals surface area contributed by atoms with Crippen molar-refractivity contribution in [2.75, 3.05) is 131 Å². The Morgan fingerprint density at radius 3 is 1.90 bits per heavy atom. The van der Waals surface area contributed by atoms with Crippen LogP contribution in [0.3, 0.4) is 0 Å². The molecule has 484 valence electrons. The summed E-state index contributed by atoms with van der Waals surface area (Å²) in [6.07, 6.45) is 3.39. The van der Waals surface area contributed by atoms with Crippen molar-refractivity contribution in [3.05, 3.63) is 98.9 Å². The van der Waals surface area contributed by atoms with Crippen LogP contribution < -0.4 is 27.2 Å². The Balaban J connectivity index is 0.693. The standard InChI is InChI=1S/C62H81N7O20/c1-3-45-46-37-44(70)12-13-50(46)67-57-47(45)39-69-52(57)38-49-48(59(69)76)41-87-60(77)62(49,4-2)89-61(78)88-40-42-8-10-43(11-9-42)65-58(75)51(7-5-6-18-63)66-54(72)17-21-79-23-25-81-27-29-83-31-33-85-35-36-86-34-32-84-30-28-82-26-24-80-22-19-64-53(71)16-20-68-55(73)14-15-56(68)74/h8-15,37-38,51,70H,3-7,16-36,39-41,63H2,1-2H3,(H,64,71)(H,65,75)(H,66,72)/t51-,62-/m0/s1. The van der Waals surface area contributed by atoms with Crippen molar-refractivity contribution in [3.8, 4) is 17.1 Å². The maximum absolute atomic E-state index is 14.1. The number of nitrogens with zero attached hydrogens (tertiary/aromatic N) is 3. The minimum atomic E-state index is -1.99. The molecule has 0 aliphatic carbocycles. The molecule has 0 saturated carbocycles. The van der Waals surface area contributed by atoms with Gasteiger partial charge in [0.25, 0.3) is 17.4 Å². The van der Waals surface area contributed by atoms with Gasteiger partial charge in [-0.2, -0.15) is 0 Å². The Hall–Kier alpha value is -7.73. The largest absolute Gasteiger partial charge is 0.510 e. The summed E-state index contributed by atoms with van der Waals surface area (Å²) in [5.74, 6) is -2.65. The topological polar surface area (TPSA) is 341 Å². The first kappa shape index (κ1) is 68.8. The van der Waals surface area contributed by atoms with Crippen molar-refractivity contribution in [1.82, 2.24) is 25.1 Å². The first-order valence-corrected chi connectivity index (χ1v) is 30.0. The number of aromatic hydroxyl groups is 1. The van der Waals surface area contributed by atoms with Gasteiger partial charge in [0, 0.05) is 60.3 Å². The number of nitrogens with two attached hydrogens (primary N) is 1. The van der Waals surface area contributed by atoms with Gasteiger partial charge >= 0.3 is 12.1 Å². The number of amides is 5. The smallest absolute Gasteiger partial charge is 0.508 e. The van der Waals surface area contributed by atoms with Crippen molar-refractivity contribution >= 4 is 58.3 Å². The van der Waals surface area contributed by atoms with Crippen LogP contribution in [0.25, 0.3) is 22.3 Å². The lowest BCUT2D eigenvalue weighted by molar-refractivity contribution is -0.175. The lowest BCUT2D eigenvalue weighted by Gasteiger charge is -2.35. The SMILES string of the molecule is CCc1c2c(nc3ccc(O)cc13)-c1cc3c(c(=O)n1C2)COC(=O)[C@@]3(CC)OC(=O)OCc1ccc(NC(=O)[C@H](CCCCN)NC(=O)CCOCCOCCOCCOCCOCCOCCOCCOCCNC(=O)CCN2C(=O)C=CC2=O)cc1. The fourth-order valence-electron chi connectivity index (χ4n) is 9.99. The second kappa shape index (κ2) is 36.1. The lowest BCUT2D eigenvalue weighted by Crippen LogP contribution is -2.47. The number of carbonyl (C=O) groups is 7. The molecule has 0 bridgehead atoms. The van der Waals surface area contributed by atoms with E-state index in [0.29, 0.717) is 159 Å². The number of fused-ring (bicyclic) bond motifs is 5. The number of unbranched alkanes of at least 4 members (excludes halogenated alkanes) is 1. The number of cyclic esters (lactones) is 1. The summed E-state index contributed by atoms with van der Waals surface area (Å²) in [5, 5.41) is 19.3. The Kier molecular flexibility index (Phi) is 27.9. The Labute approximate surface area is 515 Å².